The van der Waals surface area contributed by atoms with E-state index < -0.39 is 0 Å². The van der Waals surface area contributed by atoms with Gasteiger partial charge in [-0.25, -0.2) is 0 Å². The maximum absolute atomic E-state index is 11.9. The zero-order valence-electron chi connectivity index (χ0n) is 15.5. The number of aliphatic imine (C=N–C) groups is 1. The van der Waals surface area contributed by atoms with Crippen molar-refractivity contribution in [2.24, 2.45) is 4.99 Å². The third-order valence-corrected chi connectivity index (χ3v) is 4.37. The molecule has 9 heteroatoms. The minimum Gasteiger partial charge on any atom is -0.356 e. The summed E-state index contributed by atoms with van der Waals surface area (Å²) in [5.41, 5.74) is 1.62. The molecule has 0 atom stereocenters. The second-order valence-electron chi connectivity index (χ2n) is 5.76. The third kappa shape index (κ3) is 8.62. The minimum atomic E-state index is -0.146. The number of rotatable bonds is 8. The van der Waals surface area contributed by atoms with Gasteiger partial charge in [-0.2, -0.15) is 0 Å². The van der Waals surface area contributed by atoms with Crippen molar-refractivity contribution in [3.63, 3.8) is 0 Å². The lowest BCUT2D eigenvalue weighted by Gasteiger charge is -2.12. The van der Waals surface area contributed by atoms with E-state index >= 15 is 0 Å². The third-order valence-electron chi connectivity index (χ3n) is 3.78. The smallest absolute Gasteiger partial charge is 0.252 e. The summed E-state index contributed by atoms with van der Waals surface area (Å²) in [6.45, 7) is 1.80. The molecule has 152 valence electrons. The van der Waals surface area contributed by atoms with E-state index in [-0.39, 0.29) is 29.9 Å². The number of carbonyl (C=O) groups is 1. The SMILES string of the molecule is CN=C(NCCCc1ccc(Cl)cc1Cl)NCCNC(=O)c1cccnc1.I. The topological polar surface area (TPSA) is 78.4 Å². The van der Waals surface area contributed by atoms with Gasteiger partial charge in [0.1, 0.15) is 0 Å². The molecule has 3 N–H and O–H groups in total. The van der Waals surface area contributed by atoms with E-state index in [0.717, 1.165) is 24.9 Å². The van der Waals surface area contributed by atoms with Crippen molar-refractivity contribution >= 4 is 59.0 Å². The summed E-state index contributed by atoms with van der Waals surface area (Å²) in [6, 6.07) is 9.00. The Balaban J connectivity index is 0.00000392. The Morgan fingerprint density at radius 3 is 2.54 bits per heavy atom. The summed E-state index contributed by atoms with van der Waals surface area (Å²) < 4.78 is 0. The van der Waals surface area contributed by atoms with Gasteiger partial charge in [-0.3, -0.25) is 14.8 Å². The maximum Gasteiger partial charge on any atom is 0.252 e. The molecule has 0 unspecified atom stereocenters. The molecule has 0 spiro atoms. The van der Waals surface area contributed by atoms with Crippen molar-refractivity contribution < 1.29 is 4.79 Å². The molecule has 0 saturated carbocycles. The molecule has 0 aliphatic rings. The van der Waals surface area contributed by atoms with E-state index in [1.807, 2.05) is 12.1 Å². The van der Waals surface area contributed by atoms with Crippen LogP contribution in [0, 0.1) is 0 Å². The number of benzene rings is 1. The predicted octanol–water partition coefficient (Wildman–Crippen LogP) is 3.53. The van der Waals surface area contributed by atoms with Crippen molar-refractivity contribution in [1.29, 1.82) is 0 Å². The first kappa shape index (κ1) is 24.5. The quantitative estimate of drug-likeness (QED) is 0.209. The van der Waals surface area contributed by atoms with Crippen LogP contribution in [0.15, 0.2) is 47.7 Å². The molecule has 2 rings (SSSR count). The number of hydrogen-bond donors (Lipinski definition) is 3. The van der Waals surface area contributed by atoms with Crippen LogP contribution in [0.5, 0.6) is 0 Å². The fraction of sp³-hybridized carbons (Fsp3) is 0.316. The Bertz CT molecular complexity index is 774. The van der Waals surface area contributed by atoms with Crippen molar-refractivity contribution in [2.45, 2.75) is 12.8 Å². The lowest BCUT2D eigenvalue weighted by Crippen LogP contribution is -2.41. The standard InChI is InChI=1S/C19H23Cl2N5O.HI/c1-22-19(25-9-3-4-14-6-7-16(20)12-17(14)21)26-11-10-24-18(27)15-5-2-8-23-13-15;/h2,5-8,12-13H,3-4,9-11H2,1H3,(H,24,27)(H2,22,25,26);1H. The summed E-state index contributed by atoms with van der Waals surface area (Å²) in [5.74, 6) is 0.542. The average Bonchev–Trinajstić information content (AvgIpc) is 2.68. The summed E-state index contributed by atoms with van der Waals surface area (Å²) in [6.07, 6.45) is 4.92. The molecule has 1 aromatic carbocycles. The number of carbonyl (C=O) groups excluding carboxylic acids is 1. The van der Waals surface area contributed by atoms with E-state index in [1.54, 1.807) is 31.4 Å². The molecule has 1 aromatic heterocycles. The summed E-state index contributed by atoms with van der Waals surface area (Å²) in [4.78, 5) is 20.0. The fourth-order valence-corrected chi connectivity index (χ4v) is 2.89. The molecule has 1 amide bonds. The van der Waals surface area contributed by atoms with E-state index in [1.165, 1.54) is 6.20 Å². The zero-order chi connectivity index (χ0) is 19.5. The van der Waals surface area contributed by atoms with Gasteiger partial charge in [-0.15, -0.1) is 24.0 Å². The molecule has 0 aliphatic carbocycles. The summed E-state index contributed by atoms with van der Waals surface area (Å²) in [7, 11) is 1.71. The number of hydrogen-bond acceptors (Lipinski definition) is 3. The Morgan fingerprint density at radius 2 is 1.86 bits per heavy atom. The van der Waals surface area contributed by atoms with Crippen molar-refractivity contribution in [2.75, 3.05) is 26.7 Å². The molecule has 2 aromatic rings. The molecule has 1 heterocycles. The highest BCUT2D eigenvalue weighted by Crippen LogP contribution is 2.21. The normalized spacial score (nSPS) is 10.8. The van der Waals surface area contributed by atoms with Gasteiger partial charge in [0.2, 0.25) is 0 Å². The number of amides is 1. The van der Waals surface area contributed by atoms with Gasteiger partial charge < -0.3 is 16.0 Å². The summed E-state index contributed by atoms with van der Waals surface area (Å²) >= 11 is 12.1. The molecular weight excluding hydrogens is 512 g/mol. The fourth-order valence-electron chi connectivity index (χ4n) is 2.39. The number of aromatic nitrogens is 1. The Hall–Kier alpha value is -1.58. The average molecular weight is 536 g/mol. The minimum absolute atomic E-state index is 0. The molecule has 0 aliphatic heterocycles. The van der Waals surface area contributed by atoms with E-state index in [2.05, 4.69) is 25.9 Å². The highest BCUT2D eigenvalue weighted by atomic mass is 127. The Morgan fingerprint density at radius 1 is 1.11 bits per heavy atom. The van der Waals surface area contributed by atoms with Gasteiger partial charge >= 0.3 is 0 Å². The number of halogens is 3. The van der Waals surface area contributed by atoms with Crippen LogP contribution in [0.1, 0.15) is 22.3 Å². The van der Waals surface area contributed by atoms with Gasteiger partial charge in [-0.05, 0) is 42.7 Å². The highest BCUT2D eigenvalue weighted by molar-refractivity contribution is 14.0. The Kier molecular flexibility index (Phi) is 11.9. The molecule has 0 radical (unpaired) electrons. The van der Waals surface area contributed by atoms with E-state index in [0.29, 0.717) is 34.7 Å². The predicted molar refractivity (Wildman–Crippen MR) is 126 cm³/mol. The van der Waals surface area contributed by atoms with Gasteiger partial charge in [0, 0.05) is 49.1 Å². The summed E-state index contributed by atoms with van der Waals surface area (Å²) in [5, 5.41) is 10.6. The molecule has 28 heavy (non-hydrogen) atoms. The zero-order valence-corrected chi connectivity index (χ0v) is 19.4. The number of nitrogens with one attached hydrogen (secondary N) is 3. The first-order valence-corrected chi connectivity index (χ1v) is 9.42. The maximum atomic E-state index is 11.9. The second-order valence-corrected chi connectivity index (χ2v) is 6.61. The van der Waals surface area contributed by atoms with E-state index in [4.69, 9.17) is 23.2 Å². The Labute approximate surface area is 192 Å². The van der Waals surface area contributed by atoms with Crippen LogP contribution in [-0.4, -0.2) is 43.5 Å². The van der Waals surface area contributed by atoms with E-state index in [9.17, 15) is 4.79 Å². The van der Waals surface area contributed by atoms with Crippen LogP contribution in [0.2, 0.25) is 10.0 Å². The first-order valence-electron chi connectivity index (χ1n) is 8.67. The van der Waals surface area contributed by atoms with Crippen LogP contribution in [0.4, 0.5) is 0 Å². The molecular formula is C19H24Cl2IN5O. The highest BCUT2D eigenvalue weighted by Gasteiger charge is 2.04. The number of aryl methyl sites for hydroxylation is 1. The van der Waals surface area contributed by atoms with Crippen LogP contribution in [0.25, 0.3) is 0 Å². The van der Waals surface area contributed by atoms with Gasteiger partial charge in [0.15, 0.2) is 5.96 Å². The lowest BCUT2D eigenvalue weighted by atomic mass is 10.1. The number of nitrogens with zero attached hydrogens (tertiary/aromatic N) is 2. The van der Waals surface area contributed by atoms with Crippen LogP contribution < -0.4 is 16.0 Å². The number of pyridine rings is 1. The molecule has 0 saturated heterocycles. The first-order chi connectivity index (χ1) is 13.1. The lowest BCUT2D eigenvalue weighted by molar-refractivity contribution is 0.0954. The largest absolute Gasteiger partial charge is 0.356 e. The van der Waals surface area contributed by atoms with Crippen molar-refractivity contribution in [3.8, 4) is 0 Å². The number of guanidine groups is 1. The van der Waals surface area contributed by atoms with Crippen LogP contribution >= 0.6 is 47.2 Å². The van der Waals surface area contributed by atoms with Crippen molar-refractivity contribution in [3.05, 3.63) is 63.9 Å². The van der Waals surface area contributed by atoms with Gasteiger partial charge in [-0.1, -0.05) is 29.3 Å². The molecule has 0 fully saturated rings. The monoisotopic (exact) mass is 535 g/mol. The second kappa shape index (κ2) is 13.6. The van der Waals surface area contributed by atoms with Gasteiger partial charge in [0.25, 0.3) is 5.91 Å². The molecule has 6 nitrogen and oxygen atoms in total. The molecule has 0 bridgehead atoms. The van der Waals surface area contributed by atoms with Crippen LogP contribution in [-0.2, 0) is 6.42 Å². The van der Waals surface area contributed by atoms with Crippen molar-refractivity contribution in [1.82, 2.24) is 20.9 Å². The van der Waals surface area contributed by atoms with Crippen LogP contribution in [0.3, 0.4) is 0 Å². The van der Waals surface area contributed by atoms with Gasteiger partial charge in [0.05, 0.1) is 5.56 Å².